The molecule has 132 valence electrons. The first-order valence-electron chi connectivity index (χ1n) is 8.40. The molecule has 0 fully saturated rings. The molecule has 0 N–H and O–H groups in total. The van der Waals surface area contributed by atoms with Gasteiger partial charge in [0, 0.05) is 17.0 Å². The predicted molar refractivity (Wildman–Crippen MR) is 101 cm³/mol. The molecule has 7 heteroatoms. The zero-order valence-corrected chi connectivity index (χ0v) is 15.4. The molecule has 26 heavy (non-hydrogen) atoms. The molecule has 2 aliphatic heterocycles. The van der Waals surface area contributed by atoms with E-state index in [2.05, 4.69) is 17.5 Å². The van der Waals surface area contributed by atoms with E-state index in [1.807, 2.05) is 0 Å². The lowest BCUT2D eigenvalue weighted by Gasteiger charge is -2.39. The highest BCUT2D eigenvalue weighted by Gasteiger charge is 2.47. The lowest BCUT2D eigenvalue weighted by atomic mass is 9.97. The van der Waals surface area contributed by atoms with E-state index in [9.17, 15) is 10.1 Å². The first-order chi connectivity index (χ1) is 12.7. The summed E-state index contributed by atoms with van der Waals surface area (Å²) in [5.74, 6) is -0.779. The minimum atomic E-state index is -0.779. The summed E-state index contributed by atoms with van der Waals surface area (Å²) in [6.07, 6.45) is 1.77. The second kappa shape index (κ2) is 5.99. The van der Waals surface area contributed by atoms with E-state index >= 15 is 0 Å². The van der Waals surface area contributed by atoms with Crippen LogP contribution in [-0.4, -0.2) is 18.1 Å². The van der Waals surface area contributed by atoms with E-state index in [0.29, 0.717) is 13.2 Å². The topological polar surface area (TPSA) is 61.6 Å². The maximum absolute atomic E-state index is 10.9. The minimum absolute atomic E-state index is 0.105. The van der Waals surface area contributed by atoms with Gasteiger partial charge in [0.05, 0.1) is 27.9 Å². The highest BCUT2D eigenvalue weighted by atomic mass is 32.1. The highest BCUT2D eigenvalue weighted by Crippen LogP contribution is 2.50. The van der Waals surface area contributed by atoms with E-state index in [4.69, 9.17) is 9.47 Å². The van der Waals surface area contributed by atoms with Gasteiger partial charge in [0.2, 0.25) is 5.79 Å². The molecule has 1 spiro atoms. The Morgan fingerprint density at radius 3 is 2.46 bits per heavy atom. The van der Waals surface area contributed by atoms with Crippen molar-refractivity contribution in [3.8, 4) is 10.4 Å². The molecule has 0 aliphatic carbocycles. The molecule has 5 nitrogen and oxygen atoms in total. The Kier molecular flexibility index (Phi) is 3.72. The summed E-state index contributed by atoms with van der Waals surface area (Å²) in [4.78, 5) is 13.9. The van der Waals surface area contributed by atoms with Crippen molar-refractivity contribution in [2.24, 2.45) is 0 Å². The molecule has 0 saturated carbocycles. The fraction of sp³-hybridized carbons (Fsp3) is 0.263. The van der Waals surface area contributed by atoms with Crippen LogP contribution in [0.5, 0.6) is 0 Å². The van der Waals surface area contributed by atoms with Crippen molar-refractivity contribution in [3.05, 3.63) is 72.8 Å². The molecule has 0 radical (unpaired) electrons. The smallest absolute Gasteiger partial charge is 0.269 e. The predicted octanol–water partition coefficient (Wildman–Crippen LogP) is 4.73. The van der Waals surface area contributed by atoms with Gasteiger partial charge in [0.15, 0.2) is 0 Å². The molecule has 3 aromatic rings. The Balaban J connectivity index is 1.60. The molecule has 0 saturated heterocycles. The fourth-order valence-electron chi connectivity index (χ4n) is 3.62. The SMILES string of the molecule is O=[N+]([O-])c1ccc(-c2cc3c(s2)C2(OCCc4ccsc42)OCC3)cc1. The Morgan fingerprint density at radius 2 is 1.73 bits per heavy atom. The van der Waals surface area contributed by atoms with E-state index in [0.717, 1.165) is 33.0 Å². The molecular formula is C19H15NO4S2. The molecule has 1 unspecified atom stereocenters. The number of nitro groups is 1. The van der Waals surface area contributed by atoms with Crippen LogP contribution in [0.3, 0.4) is 0 Å². The van der Waals surface area contributed by atoms with Crippen molar-refractivity contribution in [2.75, 3.05) is 13.2 Å². The number of rotatable bonds is 2. The molecule has 4 heterocycles. The third kappa shape index (κ3) is 2.35. The summed E-state index contributed by atoms with van der Waals surface area (Å²) in [6, 6.07) is 11.1. The monoisotopic (exact) mass is 385 g/mol. The lowest BCUT2D eigenvalue weighted by molar-refractivity contribution is -0.384. The minimum Gasteiger partial charge on any atom is -0.341 e. The molecule has 5 rings (SSSR count). The number of thiophene rings is 2. The summed E-state index contributed by atoms with van der Waals surface area (Å²) >= 11 is 3.35. The van der Waals surface area contributed by atoms with Crippen LogP contribution in [-0.2, 0) is 28.1 Å². The van der Waals surface area contributed by atoms with Gasteiger partial charge in [0.1, 0.15) is 0 Å². The van der Waals surface area contributed by atoms with E-state index in [-0.39, 0.29) is 10.6 Å². The zero-order valence-electron chi connectivity index (χ0n) is 13.8. The van der Waals surface area contributed by atoms with Crippen LogP contribution in [0.25, 0.3) is 10.4 Å². The second-order valence-corrected chi connectivity index (χ2v) is 8.33. The number of ether oxygens (including phenoxy) is 2. The van der Waals surface area contributed by atoms with Crippen molar-refractivity contribution < 1.29 is 14.4 Å². The summed E-state index contributed by atoms with van der Waals surface area (Å²) in [6.45, 7) is 1.27. The number of hydrogen-bond acceptors (Lipinski definition) is 6. The normalized spacial score (nSPS) is 21.4. The lowest BCUT2D eigenvalue weighted by Crippen LogP contribution is -2.41. The average Bonchev–Trinajstić information content (AvgIpc) is 3.30. The van der Waals surface area contributed by atoms with Crippen LogP contribution in [0.2, 0.25) is 0 Å². The molecule has 1 aromatic carbocycles. The third-order valence-electron chi connectivity index (χ3n) is 4.87. The average molecular weight is 385 g/mol. The van der Waals surface area contributed by atoms with Gasteiger partial charge in [-0.1, -0.05) is 0 Å². The van der Waals surface area contributed by atoms with Crippen LogP contribution in [0, 0.1) is 10.1 Å². The number of fused-ring (bicyclic) bond motifs is 4. The van der Waals surface area contributed by atoms with E-state index < -0.39 is 5.79 Å². The van der Waals surface area contributed by atoms with Gasteiger partial charge >= 0.3 is 0 Å². The maximum atomic E-state index is 10.9. The van der Waals surface area contributed by atoms with E-state index in [1.165, 1.54) is 11.1 Å². The largest absolute Gasteiger partial charge is 0.341 e. The molecule has 2 aromatic heterocycles. The van der Waals surface area contributed by atoms with Gasteiger partial charge in [-0.05, 0) is 59.2 Å². The van der Waals surface area contributed by atoms with Crippen LogP contribution in [0.4, 0.5) is 5.69 Å². The van der Waals surface area contributed by atoms with Crippen LogP contribution in [0.15, 0.2) is 41.8 Å². The quantitative estimate of drug-likeness (QED) is 0.473. The molecule has 2 aliphatic rings. The number of hydrogen-bond donors (Lipinski definition) is 0. The van der Waals surface area contributed by atoms with Crippen molar-refractivity contribution in [3.63, 3.8) is 0 Å². The Bertz CT molecular complexity index is 987. The number of nitrogens with zero attached hydrogens (tertiary/aromatic N) is 1. The molecular weight excluding hydrogens is 370 g/mol. The van der Waals surface area contributed by atoms with Gasteiger partial charge in [-0.3, -0.25) is 10.1 Å². The summed E-state index contributed by atoms with van der Waals surface area (Å²) in [7, 11) is 0. The van der Waals surface area contributed by atoms with Crippen molar-refractivity contribution in [1.82, 2.24) is 0 Å². The van der Waals surface area contributed by atoms with Gasteiger partial charge < -0.3 is 9.47 Å². The summed E-state index contributed by atoms with van der Waals surface area (Å²) in [5, 5.41) is 13.0. The Labute approximate surface area is 158 Å². The Hall–Kier alpha value is -2.06. The van der Waals surface area contributed by atoms with Crippen LogP contribution >= 0.6 is 22.7 Å². The third-order valence-corrected chi connectivity index (χ3v) is 7.22. The standard InChI is InChI=1S/C19H15NO4S2/c21-20(22)15-3-1-12(2-4-15)16-11-14-6-9-24-19(18(14)26-16)17-13(5-8-23-19)7-10-25-17/h1-4,7,10-11H,5-6,8-9H2. The summed E-state index contributed by atoms with van der Waals surface area (Å²) in [5.41, 5.74) is 3.64. The number of nitro benzene ring substituents is 1. The second-order valence-electron chi connectivity index (χ2n) is 6.36. The molecule has 0 amide bonds. The zero-order chi connectivity index (χ0) is 17.7. The molecule has 1 atom stereocenters. The first kappa shape index (κ1) is 16.1. The number of non-ortho nitro benzene ring substituents is 1. The van der Waals surface area contributed by atoms with Gasteiger partial charge in [0.25, 0.3) is 5.69 Å². The highest BCUT2D eigenvalue weighted by molar-refractivity contribution is 7.16. The van der Waals surface area contributed by atoms with Gasteiger partial charge in [-0.25, -0.2) is 0 Å². The van der Waals surface area contributed by atoms with Crippen molar-refractivity contribution in [1.29, 1.82) is 0 Å². The first-order valence-corrected chi connectivity index (χ1v) is 10.1. The molecule has 0 bridgehead atoms. The fourth-order valence-corrected chi connectivity index (χ4v) is 6.07. The van der Waals surface area contributed by atoms with Crippen LogP contribution in [0.1, 0.15) is 20.9 Å². The van der Waals surface area contributed by atoms with Gasteiger partial charge in [-0.2, -0.15) is 0 Å². The summed E-state index contributed by atoms with van der Waals surface area (Å²) < 4.78 is 12.5. The number of benzene rings is 1. The Morgan fingerprint density at radius 1 is 1.00 bits per heavy atom. The van der Waals surface area contributed by atoms with Crippen molar-refractivity contribution in [2.45, 2.75) is 18.6 Å². The maximum Gasteiger partial charge on any atom is 0.269 e. The van der Waals surface area contributed by atoms with Crippen molar-refractivity contribution >= 4 is 28.4 Å². The van der Waals surface area contributed by atoms with Gasteiger partial charge in [-0.15, -0.1) is 22.7 Å². The van der Waals surface area contributed by atoms with E-state index in [1.54, 1.807) is 46.9 Å². The van der Waals surface area contributed by atoms with Crippen LogP contribution < -0.4 is 0 Å².